The van der Waals surface area contributed by atoms with E-state index in [1.807, 2.05) is 48.5 Å². The average Bonchev–Trinajstić information content (AvgIpc) is 2.59. The van der Waals surface area contributed by atoms with Gasteiger partial charge in [0, 0.05) is 13.6 Å². The van der Waals surface area contributed by atoms with Crippen molar-refractivity contribution in [2.24, 2.45) is 5.92 Å². The Morgan fingerprint density at radius 1 is 1.24 bits per heavy atom. The predicted octanol–water partition coefficient (Wildman–Crippen LogP) is 4.12. The van der Waals surface area contributed by atoms with Crippen molar-refractivity contribution in [2.75, 3.05) is 13.6 Å². The predicted molar refractivity (Wildman–Crippen MR) is 95.8 cm³/mol. The van der Waals surface area contributed by atoms with Crippen LogP contribution in [-0.2, 0) is 14.0 Å². The number of hydrogen-bond acceptors (Lipinski definition) is 4. The quantitative estimate of drug-likeness (QED) is 0.715. The number of carbonyl (C=O) groups excluding carboxylic acids is 1. The minimum absolute atomic E-state index is 0.237. The topological polar surface area (TPSA) is 48.0 Å². The van der Waals surface area contributed by atoms with E-state index < -0.39 is 23.9 Å². The number of allylic oxidation sites excluding steroid dienone is 1. The molecule has 0 unspecified atom stereocenters. The normalized spacial score (nSPS) is 24.8. The Bertz CT molecular complexity index is 544. The third-order valence-electron chi connectivity index (χ3n) is 5.11. The fraction of sp³-hybridized carbons (Fsp3) is 0.833. The van der Waals surface area contributed by atoms with E-state index in [0.29, 0.717) is 19.4 Å². The first-order valence-corrected chi connectivity index (χ1v) is 8.89. The fourth-order valence-corrected chi connectivity index (χ4v) is 2.88. The lowest BCUT2D eigenvalue weighted by Crippen LogP contribution is -2.41. The Balaban J connectivity index is 1.87. The second-order valence-electron chi connectivity index (χ2n) is 9.17. The molecule has 2 fully saturated rings. The van der Waals surface area contributed by atoms with E-state index in [4.69, 9.17) is 14.0 Å². The van der Waals surface area contributed by atoms with Crippen LogP contribution in [-0.4, -0.2) is 48.5 Å². The van der Waals surface area contributed by atoms with E-state index in [1.54, 1.807) is 11.9 Å². The highest BCUT2D eigenvalue weighted by atomic mass is 19.1. The lowest BCUT2D eigenvalue weighted by molar-refractivity contribution is 0.00578. The zero-order valence-corrected chi connectivity index (χ0v) is 16.7. The van der Waals surface area contributed by atoms with Crippen LogP contribution in [0.25, 0.3) is 0 Å². The maximum Gasteiger partial charge on any atom is 0.525 e. The van der Waals surface area contributed by atoms with Gasteiger partial charge in [-0.3, -0.25) is 0 Å². The summed E-state index contributed by atoms with van der Waals surface area (Å²) >= 11 is 0. The average molecular weight is 355 g/mol. The zero-order valence-electron chi connectivity index (χ0n) is 16.7. The van der Waals surface area contributed by atoms with E-state index in [2.05, 4.69) is 0 Å². The van der Waals surface area contributed by atoms with Gasteiger partial charge in [0.2, 0.25) is 0 Å². The van der Waals surface area contributed by atoms with Crippen LogP contribution in [0.1, 0.15) is 61.3 Å². The Morgan fingerprint density at radius 2 is 1.72 bits per heavy atom. The van der Waals surface area contributed by atoms with Gasteiger partial charge in [-0.2, -0.15) is 0 Å². The molecule has 0 spiro atoms. The molecule has 0 aromatic rings. The van der Waals surface area contributed by atoms with Crippen molar-refractivity contribution in [3.8, 4) is 0 Å². The summed E-state index contributed by atoms with van der Waals surface area (Å²) in [6, 6.07) is 0. The van der Waals surface area contributed by atoms with Crippen molar-refractivity contribution in [3.05, 3.63) is 11.3 Å². The van der Waals surface area contributed by atoms with E-state index in [0.717, 1.165) is 5.57 Å². The molecular formula is C18H31BFNO4. The SMILES string of the molecule is CN(CC1CC(=C(F)B2OC(C)(C)C(C)(C)O2)C1)C(=O)OC(C)(C)C. The zero-order chi connectivity index (χ0) is 19.2. The van der Waals surface area contributed by atoms with Crippen molar-refractivity contribution < 1.29 is 23.2 Å². The standard InChI is InChI=1S/C18H31BFNO4/c1-16(2,3)23-15(22)21(8)11-12-9-13(10-12)14(20)19-24-17(4,5)18(6,7)25-19/h12H,9-11H2,1-8H3. The van der Waals surface area contributed by atoms with Crippen molar-refractivity contribution >= 4 is 13.2 Å². The maximum atomic E-state index is 14.7. The molecule has 0 aromatic carbocycles. The highest BCUT2D eigenvalue weighted by Gasteiger charge is 2.54. The second-order valence-corrected chi connectivity index (χ2v) is 9.17. The summed E-state index contributed by atoms with van der Waals surface area (Å²) in [6.45, 7) is 13.7. The van der Waals surface area contributed by atoms with Crippen LogP contribution < -0.4 is 0 Å². The molecule has 2 aliphatic rings. The number of amides is 1. The van der Waals surface area contributed by atoms with Gasteiger partial charge in [-0.05, 0) is 72.8 Å². The molecule has 0 N–H and O–H groups in total. The molecule has 7 heteroatoms. The Kier molecular flexibility index (Phi) is 5.33. The molecule has 1 heterocycles. The molecule has 0 bridgehead atoms. The van der Waals surface area contributed by atoms with Crippen LogP contribution in [0.3, 0.4) is 0 Å². The van der Waals surface area contributed by atoms with Gasteiger partial charge in [0.1, 0.15) is 11.3 Å². The van der Waals surface area contributed by atoms with Crippen LogP contribution in [0, 0.1) is 5.92 Å². The molecule has 2 rings (SSSR count). The van der Waals surface area contributed by atoms with Gasteiger partial charge in [-0.15, -0.1) is 0 Å². The van der Waals surface area contributed by atoms with E-state index in [9.17, 15) is 9.18 Å². The van der Waals surface area contributed by atoms with Crippen LogP contribution >= 0.6 is 0 Å². The van der Waals surface area contributed by atoms with Gasteiger partial charge in [0.15, 0.2) is 0 Å². The number of nitrogens with zero attached hydrogens (tertiary/aromatic N) is 1. The highest BCUT2D eigenvalue weighted by Crippen LogP contribution is 2.43. The maximum absolute atomic E-state index is 14.7. The molecule has 0 radical (unpaired) electrons. The molecule has 0 atom stereocenters. The second kappa shape index (κ2) is 6.58. The van der Waals surface area contributed by atoms with Crippen molar-refractivity contribution in [3.63, 3.8) is 0 Å². The third kappa shape index (κ3) is 4.56. The molecule has 5 nitrogen and oxygen atoms in total. The summed E-state index contributed by atoms with van der Waals surface area (Å²) in [5, 5.41) is 0. The van der Waals surface area contributed by atoms with Gasteiger partial charge in [-0.1, -0.05) is 0 Å². The van der Waals surface area contributed by atoms with E-state index in [1.165, 1.54) is 0 Å². The van der Waals surface area contributed by atoms with Gasteiger partial charge in [0.05, 0.1) is 11.2 Å². The van der Waals surface area contributed by atoms with Crippen molar-refractivity contribution in [1.29, 1.82) is 0 Å². The minimum Gasteiger partial charge on any atom is -0.444 e. The molecule has 1 saturated carbocycles. The number of carbonyl (C=O) groups is 1. The lowest BCUT2D eigenvalue weighted by atomic mass is 9.72. The molecule has 142 valence electrons. The summed E-state index contributed by atoms with van der Waals surface area (Å²) in [4.78, 5) is 13.5. The largest absolute Gasteiger partial charge is 0.525 e. The van der Waals surface area contributed by atoms with Crippen LogP contribution in [0.4, 0.5) is 9.18 Å². The molecule has 0 aromatic heterocycles. The summed E-state index contributed by atoms with van der Waals surface area (Å²) in [6.07, 6.45) is 0.878. The lowest BCUT2D eigenvalue weighted by Gasteiger charge is -2.34. The molecule has 1 aliphatic heterocycles. The molecule has 1 aliphatic carbocycles. The molecule has 1 amide bonds. The van der Waals surface area contributed by atoms with Crippen molar-refractivity contribution in [2.45, 2.75) is 78.1 Å². The smallest absolute Gasteiger partial charge is 0.444 e. The number of rotatable bonds is 3. The number of halogens is 1. The third-order valence-corrected chi connectivity index (χ3v) is 5.11. The summed E-state index contributed by atoms with van der Waals surface area (Å²) in [5.74, 6) is 0.237. The van der Waals surface area contributed by atoms with E-state index >= 15 is 0 Å². The van der Waals surface area contributed by atoms with Crippen LogP contribution in [0.5, 0.6) is 0 Å². The number of ether oxygens (including phenoxy) is 1. The van der Waals surface area contributed by atoms with E-state index in [-0.39, 0.29) is 17.7 Å². The first kappa shape index (κ1) is 20.2. The first-order valence-electron chi connectivity index (χ1n) is 8.89. The molecule has 25 heavy (non-hydrogen) atoms. The molecular weight excluding hydrogens is 324 g/mol. The fourth-order valence-electron chi connectivity index (χ4n) is 2.88. The Labute approximate surface area is 151 Å². The van der Waals surface area contributed by atoms with Crippen LogP contribution in [0.2, 0.25) is 0 Å². The Morgan fingerprint density at radius 3 is 2.16 bits per heavy atom. The van der Waals surface area contributed by atoms with Gasteiger partial charge in [0.25, 0.3) is 0 Å². The Hall–Kier alpha value is -1.08. The van der Waals surface area contributed by atoms with Crippen LogP contribution in [0.15, 0.2) is 11.3 Å². The summed E-state index contributed by atoms with van der Waals surface area (Å²) in [7, 11) is 0.782. The minimum atomic E-state index is -0.926. The summed E-state index contributed by atoms with van der Waals surface area (Å²) in [5.41, 5.74) is -1.19. The van der Waals surface area contributed by atoms with Gasteiger partial charge >= 0.3 is 13.2 Å². The summed E-state index contributed by atoms with van der Waals surface area (Å²) < 4.78 is 31.5. The highest BCUT2D eigenvalue weighted by molar-refractivity contribution is 6.53. The van der Waals surface area contributed by atoms with Crippen molar-refractivity contribution in [1.82, 2.24) is 4.90 Å². The van der Waals surface area contributed by atoms with Gasteiger partial charge < -0.3 is 18.9 Å². The monoisotopic (exact) mass is 355 g/mol. The molecule has 1 saturated heterocycles. The number of hydrogen-bond donors (Lipinski definition) is 0. The first-order chi connectivity index (χ1) is 11.2. The van der Waals surface area contributed by atoms with Gasteiger partial charge in [-0.25, -0.2) is 9.18 Å².